The van der Waals surface area contributed by atoms with Gasteiger partial charge in [-0.3, -0.25) is 0 Å². The zero-order valence-electron chi connectivity index (χ0n) is 9.86. The van der Waals surface area contributed by atoms with Gasteiger partial charge in [0, 0.05) is 16.6 Å². The van der Waals surface area contributed by atoms with Gasteiger partial charge in [0.15, 0.2) is 5.69 Å². The molecular weight excluding hydrogens is 290 g/mol. The molecule has 0 N–H and O–H groups in total. The second-order valence-electron chi connectivity index (χ2n) is 4.46. The molecule has 0 unspecified atom stereocenters. The van der Waals surface area contributed by atoms with Gasteiger partial charge in [-0.15, -0.1) is 0 Å². The molecule has 0 saturated carbocycles. The van der Waals surface area contributed by atoms with Crippen molar-refractivity contribution >= 4 is 15.9 Å². The molecule has 3 nitrogen and oxygen atoms in total. The van der Waals surface area contributed by atoms with Gasteiger partial charge >= 0.3 is 0 Å². The van der Waals surface area contributed by atoms with Gasteiger partial charge in [0.25, 0.3) is 0 Å². The van der Waals surface area contributed by atoms with E-state index in [-0.39, 0.29) is 0 Å². The topological polar surface area (TPSA) is 41.6 Å². The van der Waals surface area contributed by atoms with Crippen molar-refractivity contribution in [3.63, 3.8) is 0 Å². The average Bonchev–Trinajstić information content (AvgIpc) is 2.79. The monoisotopic (exact) mass is 301 g/mol. The van der Waals surface area contributed by atoms with E-state index in [4.69, 9.17) is 5.26 Å². The molecule has 4 heteroatoms. The Hall–Kier alpha value is -1.60. The zero-order chi connectivity index (χ0) is 12.5. The lowest BCUT2D eigenvalue weighted by Crippen LogP contribution is -2.11. The van der Waals surface area contributed by atoms with Gasteiger partial charge in [-0.25, -0.2) is 4.98 Å². The van der Waals surface area contributed by atoms with E-state index in [1.165, 1.54) is 0 Å². The number of rotatable bonds is 1. The summed E-state index contributed by atoms with van der Waals surface area (Å²) in [6.07, 6.45) is 3.28. The summed E-state index contributed by atoms with van der Waals surface area (Å²) in [6.45, 7) is 0.968. The molecule has 0 fully saturated rings. The van der Waals surface area contributed by atoms with Gasteiger partial charge in [0.2, 0.25) is 0 Å². The molecule has 0 bridgehead atoms. The number of hydrogen-bond acceptors (Lipinski definition) is 2. The second kappa shape index (κ2) is 4.58. The fourth-order valence-electron chi connectivity index (χ4n) is 2.45. The van der Waals surface area contributed by atoms with E-state index in [1.807, 2.05) is 24.3 Å². The number of nitrogens with zero attached hydrogens (tertiary/aromatic N) is 3. The zero-order valence-corrected chi connectivity index (χ0v) is 11.4. The standard InChI is InChI=1S/C14H12BrN3/c15-11-6-4-10(5-7-11)14-17-12(9-16)13-3-1-2-8-18(13)14/h4-7H,1-3,8H2. The third kappa shape index (κ3) is 1.85. The van der Waals surface area contributed by atoms with Crippen molar-refractivity contribution in [3.05, 3.63) is 40.1 Å². The smallest absolute Gasteiger partial charge is 0.162 e. The normalized spacial score (nSPS) is 14.0. The first-order valence-corrected chi connectivity index (χ1v) is 6.84. The van der Waals surface area contributed by atoms with Crippen LogP contribution in [0, 0.1) is 11.3 Å². The maximum atomic E-state index is 9.16. The van der Waals surface area contributed by atoms with Crippen LogP contribution in [0.1, 0.15) is 24.2 Å². The molecule has 0 aliphatic carbocycles. The fourth-order valence-corrected chi connectivity index (χ4v) is 2.72. The van der Waals surface area contributed by atoms with E-state index in [0.717, 1.165) is 47.4 Å². The summed E-state index contributed by atoms with van der Waals surface area (Å²) >= 11 is 3.43. The molecule has 0 atom stereocenters. The van der Waals surface area contributed by atoms with Crippen LogP contribution in [0.2, 0.25) is 0 Å². The fraction of sp³-hybridized carbons (Fsp3) is 0.286. The molecule has 2 aromatic rings. The van der Waals surface area contributed by atoms with E-state index >= 15 is 0 Å². The lowest BCUT2D eigenvalue weighted by Gasteiger charge is -2.16. The summed E-state index contributed by atoms with van der Waals surface area (Å²) < 4.78 is 3.25. The van der Waals surface area contributed by atoms with E-state index in [0.29, 0.717) is 5.69 Å². The molecule has 3 rings (SSSR count). The van der Waals surface area contributed by atoms with Crippen molar-refractivity contribution in [1.29, 1.82) is 5.26 Å². The molecule has 1 aromatic heterocycles. The number of halogens is 1. The van der Waals surface area contributed by atoms with Gasteiger partial charge in [0.05, 0.1) is 5.69 Å². The number of fused-ring (bicyclic) bond motifs is 1. The molecule has 2 heterocycles. The van der Waals surface area contributed by atoms with Crippen LogP contribution in [-0.4, -0.2) is 9.55 Å². The SMILES string of the molecule is N#Cc1nc(-c2ccc(Br)cc2)n2c1CCCC2. The Bertz CT molecular complexity index is 620. The average molecular weight is 302 g/mol. The minimum Gasteiger partial charge on any atom is -0.327 e. The third-order valence-corrected chi connectivity index (χ3v) is 3.85. The Morgan fingerprint density at radius 1 is 1.22 bits per heavy atom. The Morgan fingerprint density at radius 2 is 2.00 bits per heavy atom. The van der Waals surface area contributed by atoms with Gasteiger partial charge in [0.1, 0.15) is 11.9 Å². The van der Waals surface area contributed by atoms with Crippen LogP contribution in [0.4, 0.5) is 0 Å². The van der Waals surface area contributed by atoms with Crippen molar-refractivity contribution < 1.29 is 0 Å². The number of benzene rings is 1. The minimum absolute atomic E-state index is 0.590. The minimum atomic E-state index is 0.590. The quantitative estimate of drug-likeness (QED) is 0.808. The highest BCUT2D eigenvalue weighted by Gasteiger charge is 2.20. The number of aromatic nitrogens is 2. The van der Waals surface area contributed by atoms with E-state index < -0.39 is 0 Å². The van der Waals surface area contributed by atoms with Crippen LogP contribution >= 0.6 is 15.9 Å². The van der Waals surface area contributed by atoms with E-state index in [9.17, 15) is 0 Å². The second-order valence-corrected chi connectivity index (χ2v) is 5.37. The first kappa shape index (κ1) is 11.5. The molecule has 1 aliphatic heterocycles. The number of hydrogen-bond donors (Lipinski definition) is 0. The summed E-state index contributed by atoms with van der Waals surface area (Å²) in [5.41, 5.74) is 2.76. The van der Waals surface area contributed by atoms with Gasteiger partial charge in [-0.2, -0.15) is 5.26 Å². The first-order valence-electron chi connectivity index (χ1n) is 6.05. The summed E-state index contributed by atoms with van der Waals surface area (Å²) in [4.78, 5) is 4.50. The molecule has 0 spiro atoms. The van der Waals surface area contributed by atoms with E-state index in [1.54, 1.807) is 0 Å². The summed E-state index contributed by atoms with van der Waals surface area (Å²) in [6, 6.07) is 10.3. The van der Waals surface area contributed by atoms with Gasteiger partial charge in [-0.05, 0) is 31.4 Å². The highest BCUT2D eigenvalue weighted by Crippen LogP contribution is 2.27. The van der Waals surface area contributed by atoms with Crippen LogP contribution < -0.4 is 0 Å². The van der Waals surface area contributed by atoms with Gasteiger partial charge < -0.3 is 4.57 Å². The van der Waals surface area contributed by atoms with Gasteiger partial charge in [-0.1, -0.05) is 28.1 Å². The highest BCUT2D eigenvalue weighted by atomic mass is 79.9. The Balaban J connectivity index is 2.15. The molecule has 0 saturated heterocycles. The lowest BCUT2D eigenvalue weighted by molar-refractivity contribution is 0.535. The maximum Gasteiger partial charge on any atom is 0.162 e. The molecular formula is C14H12BrN3. The van der Waals surface area contributed by atoms with Crippen molar-refractivity contribution in [2.75, 3.05) is 0 Å². The molecule has 0 radical (unpaired) electrons. The van der Waals surface area contributed by atoms with Crippen molar-refractivity contribution in [2.45, 2.75) is 25.8 Å². The Kier molecular flexibility index (Phi) is 2.92. The maximum absolute atomic E-state index is 9.16. The molecule has 1 aromatic carbocycles. The molecule has 0 amide bonds. The van der Waals surface area contributed by atoms with Crippen LogP contribution in [0.25, 0.3) is 11.4 Å². The summed E-state index contributed by atoms with van der Waals surface area (Å²) in [5.74, 6) is 0.925. The van der Waals surface area contributed by atoms with Crippen LogP contribution in [0.5, 0.6) is 0 Å². The van der Waals surface area contributed by atoms with Crippen molar-refractivity contribution in [2.24, 2.45) is 0 Å². The first-order chi connectivity index (χ1) is 8.79. The largest absolute Gasteiger partial charge is 0.327 e. The third-order valence-electron chi connectivity index (χ3n) is 3.33. The summed E-state index contributed by atoms with van der Waals surface area (Å²) in [5, 5.41) is 9.16. The predicted molar refractivity (Wildman–Crippen MR) is 73.0 cm³/mol. The molecule has 18 heavy (non-hydrogen) atoms. The highest BCUT2D eigenvalue weighted by molar-refractivity contribution is 9.10. The Labute approximate surface area is 114 Å². The van der Waals surface area contributed by atoms with Crippen LogP contribution in [-0.2, 0) is 13.0 Å². The van der Waals surface area contributed by atoms with Crippen LogP contribution in [0.3, 0.4) is 0 Å². The van der Waals surface area contributed by atoms with Crippen molar-refractivity contribution in [1.82, 2.24) is 9.55 Å². The lowest BCUT2D eigenvalue weighted by atomic mass is 10.1. The molecule has 1 aliphatic rings. The number of nitriles is 1. The predicted octanol–water partition coefficient (Wildman–Crippen LogP) is 3.52. The summed E-state index contributed by atoms with van der Waals surface area (Å²) in [7, 11) is 0. The van der Waals surface area contributed by atoms with Crippen molar-refractivity contribution in [3.8, 4) is 17.5 Å². The molecule has 90 valence electrons. The Morgan fingerprint density at radius 3 is 2.72 bits per heavy atom. The number of imidazole rings is 1. The van der Waals surface area contributed by atoms with E-state index in [2.05, 4.69) is 31.6 Å². The van der Waals surface area contributed by atoms with Crippen LogP contribution in [0.15, 0.2) is 28.7 Å².